The Labute approximate surface area is 125 Å². The lowest BCUT2D eigenvalue weighted by molar-refractivity contribution is 0.347. The molecule has 0 saturated carbocycles. The van der Waals surface area contributed by atoms with Crippen LogP contribution in [0.25, 0.3) is 0 Å². The van der Waals surface area contributed by atoms with Gasteiger partial charge in [0.05, 0.1) is 5.25 Å². The molecule has 0 spiro atoms. The Hall–Kier alpha value is -0.130. The number of sulfonamides is 1. The summed E-state index contributed by atoms with van der Waals surface area (Å²) in [5.74, 6) is 1.08. The Balaban J connectivity index is 2.71. The van der Waals surface area contributed by atoms with Crippen LogP contribution in [0.2, 0.25) is 0 Å². The van der Waals surface area contributed by atoms with Crippen molar-refractivity contribution in [3.8, 4) is 0 Å². The third-order valence-corrected chi connectivity index (χ3v) is 6.27. The van der Waals surface area contributed by atoms with Gasteiger partial charge in [-0.05, 0) is 44.1 Å². The van der Waals surface area contributed by atoms with E-state index in [4.69, 9.17) is 0 Å². The van der Waals surface area contributed by atoms with Crippen LogP contribution in [0.4, 0.5) is 0 Å². The topological polar surface area (TPSA) is 49.4 Å². The van der Waals surface area contributed by atoms with Gasteiger partial charge < -0.3 is 5.32 Å². The fourth-order valence-electron chi connectivity index (χ4n) is 2.46. The van der Waals surface area contributed by atoms with Crippen LogP contribution in [-0.4, -0.2) is 44.2 Å². The average molecular weight is 305 g/mol. The fourth-order valence-corrected chi connectivity index (χ4v) is 4.39. The van der Waals surface area contributed by atoms with Gasteiger partial charge in [0, 0.05) is 19.6 Å². The van der Waals surface area contributed by atoms with E-state index in [0.29, 0.717) is 31.5 Å². The minimum atomic E-state index is -3.14. The molecule has 1 heterocycles. The molecular formula is C15H32N2O2S. The zero-order chi connectivity index (χ0) is 15.2. The molecule has 1 rings (SSSR count). The lowest BCUT2D eigenvalue weighted by atomic mass is 10.1. The van der Waals surface area contributed by atoms with E-state index in [2.05, 4.69) is 33.0 Å². The molecule has 1 aliphatic rings. The van der Waals surface area contributed by atoms with E-state index in [0.717, 1.165) is 32.2 Å². The first-order valence-corrected chi connectivity index (χ1v) is 9.54. The lowest BCUT2D eigenvalue weighted by Gasteiger charge is -2.31. The minimum Gasteiger partial charge on any atom is -0.315 e. The fraction of sp³-hybridized carbons (Fsp3) is 1.00. The van der Waals surface area contributed by atoms with Gasteiger partial charge in [-0.2, -0.15) is 0 Å². The van der Waals surface area contributed by atoms with E-state index in [9.17, 15) is 8.42 Å². The van der Waals surface area contributed by atoms with Crippen molar-refractivity contribution in [2.75, 3.05) is 26.2 Å². The van der Waals surface area contributed by atoms with Crippen LogP contribution in [0, 0.1) is 11.8 Å². The number of nitrogens with zero attached hydrogens (tertiary/aromatic N) is 1. The Morgan fingerprint density at radius 1 is 1.10 bits per heavy atom. The van der Waals surface area contributed by atoms with Crippen molar-refractivity contribution in [1.82, 2.24) is 9.62 Å². The van der Waals surface area contributed by atoms with Crippen molar-refractivity contribution in [3.63, 3.8) is 0 Å². The highest BCUT2D eigenvalue weighted by Crippen LogP contribution is 2.19. The van der Waals surface area contributed by atoms with Gasteiger partial charge in [-0.3, -0.25) is 0 Å². The molecule has 0 aromatic carbocycles. The number of piperidine rings is 1. The standard InChI is InChI=1S/C15H32N2O2S/c1-13(2)7-10-17(11-8-14(3)4)20(18,19)15-6-5-9-16-12-15/h13-16H,5-12H2,1-4H3. The minimum absolute atomic E-state index is 0.226. The predicted molar refractivity (Wildman–Crippen MR) is 85.3 cm³/mol. The molecule has 0 aromatic heterocycles. The number of rotatable bonds is 8. The van der Waals surface area contributed by atoms with Crippen LogP contribution in [0.5, 0.6) is 0 Å². The van der Waals surface area contributed by atoms with Gasteiger partial charge in [0.15, 0.2) is 0 Å². The normalized spacial score (nSPS) is 21.1. The SMILES string of the molecule is CC(C)CCN(CCC(C)C)S(=O)(=O)C1CCCNC1. The molecule has 1 unspecified atom stereocenters. The highest BCUT2D eigenvalue weighted by Gasteiger charge is 2.32. The molecule has 120 valence electrons. The first kappa shape index (κ1) is 17.9. The van der Waals surface area contributed by atoms with Crippen LogP contribution in [0.1, 0.15) is 53.4 Å². The summed E-state index contributed by atoms with van der Waals surface area (Å²) in [6.45, 7) is 11.5. The molecule has 0 amide bonds. The van der Waals surface area contributed by atoms with Crippen molar-refractivity contribution in [2.45, 2.75) is 58.6 Å². The number of nitrogens with one attached hydrogen (secondary N) is 1. The van der Waals surface area contributed by atoms with Crippen molar-refractivity contribution >= 4 is 10.0 Å². The zero-order valence-corrected chi connectivity index (χ0v) is 14.4. The highest BCUT2D eigenvalue weighted by atomic mass is 32.2. The summed E-state index contributed by atoms with van der Waals surface area (Å²) in [4.78, 5) is 0. The summed E-state index contributed by atoms with van der Waals surface area (Å²) in [5, 5.41) is 2.99. The van der Waals surface area contributed by atoms with Crippen molar-refractivity contribution in [1.29, 1.82) is 0 Å². The number of hydrogen-bond acceptors (Lipinski definition) is 3. The quantitative estimate of drug-likeness (QED) is 0.749. The molecule has 20 heavy (non-hydrogen) atoms. The Bertz CT molecular complexity index is 348. The second kappa shape index (κ2) is 8.35. The summed E-state index contributed by atoms with van der Waals surface area (Å²) in [6, 6.07) is 0. The molecule has 1 saturated heterocycles. The molecule has 1 aliphatic heterocycles. The Kier molecular flexibility index (Phi) is 7.48. The molecule has 0 aliphatic carbocycles. The summed E-state index contributed by atoms with van der Waals surface area (Å²) in [6.07, 6.45) is 3.65. The molecule has 1 atom stereocenters. The van der Waals surface area contributed by atoms with Crippen LogP contribution >= 0.6 is 0 Å². The molecule has 4 nitrogen and oxygen atoms in total. The lowest BCUT2D eigenvalue weighted by Crippen LogP contribution is -2.47. The molecule has 1 N–H and O–H groups in total. The van der Waals surface area contributed by atoms with Crippen LogP contribution in [0.15, 0.2) is 0 Å². The van der Waals surface area contributed by atoms with Gasteiger partial charge in [-0.1, -0.05) is 27.7 Å². The largest absolute Gasteiger partial charge is 0.315 e. The van der Waals surface area contributed by atoms with E-state index < -0.39 is 10.0 Å². The van der Waals surface area contributed by atoms with Gasteiger partial charge in [0.2, 0.25) is 10.0 Å². The summed E-state index contributed by atoms with van der Waals surface area (Å²) in [7, 11) is -3.14. The van der Waals surface area contributed by atoms with Crippen LogP contribution < -0.4 is 5.32 Å². The molecular weight excluding hydrogens is 272 g/mol. The summed E-state index contributed by atoms with van der Waals surface area (Å²) >= 11 is 0. The highest BCUT2D eigenvalue weighted by molar-refractivity contribution is 7.89. The molecule has 5 heteroatoms. The molecule has 0 aromatic rings. The monoisotopic (exact) mass is 304 g/mol. The maximum Gasteiger partial charge on any atom is 0.218 e. The molecule has 0 radical (unpaired) electrons. The maximum atomic E-state index is 12.8. The third kappa shape index (κ3) is 5.70. The van der Waals surface area contributed by atoms with Gasteiger partial charge in [-0.15, -0.1) is 0 Å². The second-order valence-corrected chi connectivity index (χ2v) is 8.99. The average Bonchev–Trinajstić information content (AvgIpc) is 2.38. The van der Waals surface area contributed by atoms with Crippen LogP contribution in [0.3, 0.4) is 0 Å². The second-order valence-electron chi connectivity index (χ2n) is 6.78. The first-order valence-electron chi connectivity index (χ1n) is 8.03. The third-order valence-electron chi connectivity index (χ3n) is 3.94. The van der Waals surface area contributed by atoms with Gasteiger partial charge in [0.1, 0.15) is 0 Å². The molecule has 0 bridgehead atoms. The van der Waals surface area contributed by atoms with Crippen LogP contribution in [-0.2, 0) is 10.0 Å². The maximum absolute atomic E-state index is 12.8. The van der Waals surface area contributed by atoms with E-state index in [1.807, 2.05) is 0 Å². The van der Waals surface area contributed by atoms with E-state index in [1.54, 1.807) is 4.31 Å². The molecule has 1 fully saturated rings. The Morgan fingerprint density at radius 3 is 2.05 bits per heavy atom. The van der Waals surface area contributed by atoms with Gasteiger partial charge in [-0.25, -0.2) is 12.7 Å². The number of hydrogen-bond donors (Lipinski definition) is 1. The van der Waals surface area contributed by atoms with Gasteiger partial charge in [0.25, 0.3) is 0 Å². The first-order chi connectivity index (χ1) is 9.34. The predicted octanol–water partition coefficient (Wildman–Crippen LogP) is 2.46. The van der Waals surface area contributed by atoms with E-state index in [-0.39, 0.29) is 5.25 Å². The van der Waals surface area contributed by atoms with Crippen molar-refractivity contribution in [3.05, 3.63) is 0 Å². The summed E-state index contributed by atoms with van der Waals surface area (Å²) < 4.78 is 27.3. The van der Waals surface area contributed by atoms with Crippen molar-refractivity contribution in [2.24, 2.45) is 11.8 Å². The van der Waals surface area contributed by atoms with E-state index in [1.165, 1.54) is 0 Å². The zero-order valence-electron chi connectivity index (χ0n) is 13.6. The smallest absolute Gasteiger partial charge is 0.218 e. The summed E-state index contributed by atoms with van der Waals surface area (Å²) in [5.41, 5.74) is 0. The van der Waals surface area contributed by atoms with E-state index >= 15 is 0 Å². The Morgan fingerprint density at radius 2 is 1.65 bits per heavy atom. The van der Waals surface area contributed by atoms with Gasteiger partial charge >= 0.3 is 0 Å². The van der Waals surface area contributed by atoms with Crippen molar-refractivity contribution < 1.29 is 8.42 Å².